The Balaban J connectivity index is 1.56. The molecule has 10 heteroatoms. The number of rotatable bonds is 4. The molecule has 33 heavy (non-hydrogen) atoms. The van der Waals surface area contributed by atoms with Crippen LogP contribution in [0, 0.1) is 6.92 Å². The molecule has 0 fully saturated rings. The van der Waals surface area contributed by atoms with Crippen molar-refractivity contribution in [2.45, 2.75) is 58.3 Å². The molecular formula is C23H25F3N6O. The van der Waals surface area contributed by atoms with Crippen molar-refractivity contribution < 1.29 is 18.3 Å². The van der Waals surface area contributed by atoms with Gasteiger partial charge >= 0.3 is 6.18 Å². The molecule has 1 aromatic carbocycles. The number of pyridine rings is 1. The van der Waals surface area contributed by atoms with Gasteiger partial charge in [-0.25, -0.2) is 4.98 Å². The number of aryl methyl sites for hydroxylation is 2. The minimum absolute atomic E-state index is 0.0475. The van der Waals surface area contributed by atoms with E-state index in [0.717, 1.165) is 30.6 Å². The third kappa shape index (κ3) is 4.55. The van der Waals surface area contributed by atoms with Gasteiger partial charge in [0.25, 0.3) is 0 Å². The molecule has 1 unspecified atom stereocenters. The fraction of sp³-hybridized carbons (Fsp3) is 0.391. The molecule has 7 nitrogen and oxygen atoms in total. The van der Waals surface area contributed by atoms with E-state index in [1.165, 1.54) is 6.92 Å². The average Bonchev–Trinajstić information content (AvgIpc) is 3.15. The zero-order chi connectivity index (χ0) is 23.9. The summed E-state index contributed by atoms with van der Waals surface area (Å²) in [5.41, 5.74) is 6.55. The molecule has 0 amide bonds. The first-order valence-corrected chi connectivity index (χ1v) is 10.7. The van der Waals surface area contributed by atoms with Gasteiger partial charge in [-0.1, -0.05) is 13.8 Å². The molecule has 1 atom stereocenters. The maximum absolute atomic E-state index is 13.0. The van der Waals surface area contributed by atoms with Crippen LogP contribution in [0.2, 0.25) is 0 Å². The number of hydrogen-bond donors (Lipinski definition) is 2. The summed E-state index contributed by atoms with van der Waals surface area (Å²) in [6, 6.07) is 5.04. The third-order valence-corrected chi connectivity index (χ3v) is 5.75. The first kappa shape index (κ1) is 22.8. The van der Waals surface area contributed by atoms with Crippen molar-refractivity contribution in [2.75, 3.05) is 5.73 Å². The summed E-state index contributed by atoms with van der Waals surface area (Å²) in [6.07, 6.45) is -1.24. The predicted molar refractivity (Wildman–Crippen MR) is 119 cm³/mol. The number of nitrogens with two attached hydrogens (primary N) is 1. The predicted octanol–water partition coefficient (Wildman–Crippen LogP) is 4.51. The second-order valence-electron chi connectivity index (χ2n) is 8.57. The Hall–Kier alpha value is -3.43. The fourth-order valence-electron chi connectivity index (χ4n) is 4.06. The van der Waals surface area contributed by atoms with Crippen molar-refractivity contribution in [2.24, 2.45) is 4.99 Å². The van der Waals surface area contributed by atoms with Crippen molar-refractivity contribution in [3.8, 4) is 17.0 Å². The van der Waals surface area contributed by atoms with Crippen molar-refractivity contribution >= 4 is 12.0 Å². The van der Waals surface area contributed by atoms with E-state index in [2.05, 4.69) is 38.6 Å². The molecule has 1 aliphatic heterocycles. The highest BCUT2D eigenvalue weighted by Gasteiger charge is 2.32. The van der Waals surface area contributed by atoms with E-state index < -0.39 is 17.5 Å². The van der Waals surface area contributed by atoms with Gasteiger partial charge in [-0.05, 0) is 43.2 Å². The van der Waals surface area contributed by atoms with Gasteiger partial charge in [0.2, 0.25) is 0 Å². The normalized spacial score (nSPS) is 16.5. The van der Waals surface area contributed by atoms with Gasteiger partial charge < -0.3 is 15.4 Å². The maximum atomic E-state index is 13.0. The molecule has 3 aromatic rings. The van der Waals surface area contributed by atoms with Gasteiger partial charge in [-0.2, -0.15) is 13.2 Å². The topological polar surface area (TPSA) is 102 Å². The number of aliphatic imine (C=N–C) groups is 1. The lowest BCUT2D eigenvalue weighted by Crippen LogP contribution is -2.25. The minimum Gasteiger partial charge on any atom is -0.507 e. The Kier molecular flexibility index (Phi) is 5.85. The van der Waals surface area contributed by atoms with Crippen LogP contribution in [0.15, 0.2) is 29.3 Å². The summed E-state index contributed by atoms with van der Waals surface area (Å²) in [4.78, 5) is 8.98. The summed E-state index contributed by atoms with van der Waals surface area (Å²) in [5.74, 6) is 1.87. The molecule has 0 aliphatic carbocycles. The van der Waals surface area contributed by atoms with Crippen molar-refractivity contribution in [1.29, 1.82) is 0 Å². The summed E-state index contributed by atoms with van der Waals surface area (Å²) in [7, 11) is 0. The Morgan fingerprint density at radius 1 is 1.24 bits per heavy atom. The van der Waals surface area contributed by atoms with Crippen LogP contribution < -0.4 is 5.73 Å². The maximum Gasteiger partial charge on any atom is 0.416 e. The monoisotopic (exact) mass is 458 g/mol. The number of halogens is 3. The Bertz CT molecular complexity index is 1190. The summed E-state index contributed by atoms with van der Waals surface area (Å²) in [6.45, 7) is 6.34. The molecule has 0 saturated carbocycles. The van der Waals surface area contributed by atoms with Crippen LogP contribution in [0.4, 0.5) is 19.0 Å². The molecule has 4 rings (SSSR count). The SMILES string of the molecule is Cc1cc(C(F)(F)F)cc(O)c1-c1ccc(C=NC2CCc3nnc(C(C)C)n3C2)c(N)n1. The molecule has 0 radical (unpaired) electrons. The molecule has 0 bridgehead atoms. The van der Waals surface area contributed by atoms with Crippen LogP contribution >= 0.6 is 0 Å². The number of nitrogen functional groups attached to an aromatic ring is 1. The third-order valence-electron chi connectivity index (χ3n) is 5.75. The van der Waals surface area contributed by atoms with Gasteiger partial charge in [-0.3, -0.25) is 4.99 Å². The lowest BCUT2D eigenvalue weighted by atomic mass is 10.00. The molecule has 1 aliphatic rings. The number of aromatic nitrogens is 4. The number of aromatic hydroxyl groups is 1. The average molecular weight is 458 g/mol. The van der Waals surface area contributed by atoms with Gasteiger partial charge in [-0.15, -0.1) is 10.2 Å². The Labute approximate surface area is 189 Å². The first-order chi connectivity index (χ1) is 15.5. The highest BCUT2D eigenvalue weighted by molar-refractivity contribution is 5.87. The molecule has 2 aromatic heterocycles. The van der Waals surface area contributed by atoms with Crippen LogP contribution in [-0.2, 0) is 19.1 Å². The van der Waals surface area contributed by atoms with Gasteiger partial charge in [0.1, 0.15) is 23.2 Å². The van der Waals surface area contributed by atoms with E-state index in [1.807, 2.05) is 0 Å². The van der Waals surface area contributed by atoms with Crippen LogP contribution in [0.5, 0.6) is 5.75 Å². The van der Waals surface area contributed by atoms with Crippen LogP contribution in [0.1, 0.15) is 54.5 Å². The quantitative estimate of drug-likeness (QED) is 0.560. The molecule has 3 N–H and O–H groups in total. The van der Waals surface area contributed by atoms with Gasteiger partial charge in [0.15, 0.2) is 0 Å². The number of nitrogens with zero attached hydrogens (tertiary/aromatic N) is 5. The molecule has 0 spiro atoms. The smallest absolute Gasteiger partial charge is 0.416 e. The number of hydrogen-bond acceptors (Lipinski definition) is 6. The Morgan fingerprint density at radius 3 is 2.64 bits per heavy atom. The number of phenols is 1. The number of alkyl halides is 3. The number of anilines is 1. The summed E-state index contributed by atoms with van der Waals surface area (Å²) < 4.78 is 41.1. The van der Waals surface area contributed by atoms with Gasteiger partial charge in [0.05, 0.1) is 17.3 Å². The summed E-state index contributed by atoms with van der Waals surface area (Å²) >= 11 is 0. The second kappa shape index (κ2) is 8.49. The number of benzene rings is 1. The second-order valence-corrected chi connectivity index (χ2v) is 8.57. The fourth-order valence-corrected chi connectivity index (χ4v) is 4.06. The van der Waals surface area contributed by atoms with Crippen LogP contribution in [0.3, 0.4) is 0 Å². The zero-order valence-corrected chi connectivity index (χ0v) is 18.6. The lowest BCUT2D eigenvalue weighted by molar-refractivity contribution is -0.137. The molecule has 0 saturated heterocycles. The highest BCUT2D eigenvalue weighted by atomic mass is 19.4. The van der Waals surface area contributed by atoms with Crippen LogP contribution in [0.25, 0.3) is 11.3 Å². The standard InChI is InChI=1S/C23H25F3N6O/c1-12(2)22-31-30-19-7-5-16(11-32(19)22)28-10-14-4-6-17(29-21(14)27)20-13(3)8-15(9-18(20)33)23(24,25)26/h4,6,8-10,12,16,33H,5,7,11H2,1-3H3,(H2,27,29). The number of phenolic OH excluding ortho intramolecular Hbond substituents is 1. The Morgan fingerprint density at radius 2 is 2.00 bits per heavy atom. The van der Waals surface area contributed by atoms with E-state index in [4.69, 9.17) is 5.73 Å². The molecule has 174 valence electrons. The van der Waals surface area contributed by atoms with E-state index in [-0.39, 0.29) is 28.9 Å². The van der Waals surface area contributed by atoms with E-state index in [9.17, 15) is 18.3 Å². The summed E-state index contributed by atoms with van der Waals surface area (Å²) in [5, 5.41) is 18.8. The minimum atomic E-state index is -4.55. The van der Waals surface area contributed by atoms with Crippen molar-refractivity contribution in [3.05, 3.63) is 52.6 Å². The molecule has 3 heterocycles. The highest BCUT2D eigenvalue weighted by Crippen LogP contribution is 2.38. The van der Waals surface area contributed by atoms with Crippen molar-refractivity contribution in [1.82, 2.24) is 19.7 Å². The van der Waals surface area contributed by atoms with E-state index in [0.29, 0.717) is 23.9 Å². The first-order valence-electron chi connectivity index (χ1n) is 10.7. The zero-order valence-electron chi connectivity index (χ0n) is 18.6. The van der Waals surface area contributed by atoms with E-state index >= 15 is 0 Å². The van der Waals surface area contributed by atoms with E-state index in [1.54, 1.807) is 18.3 Å². The van der Waals surface area contributed by atoms with Crippen LogP contribution in [-0.4, -0.2) is 37.1 Å². The lowest BCUT2D eigenvalue weighted by Gasteiger charge is -2.22. The number of fused-ring (bicyclic) bond motifs is 1. The largest absolute Gasteiger partial charge is 0.507 e. The molecular weight excluding hydrogens is 433 g/mol. The van der Waals surface area contributed by atoms with Gasteiger partial charge in [0, 0.05) is 36.2 Å². The van der Waals surface area contributed by atoms with Crippen molar-refractivity contribution in [3.63, 3.8) is 0 Å².